The van der Waals surface area contributed by atoms with Crippen molar-refractivity contribution in [2.45, 2.75) is 24.0 Å². The Balaban J connectivity index is 2.10. The summed E-state index contributed by atoms with van der Waals surface area (Å²) >= 11 is 0. The van der Waals surface area contributed by atoms with Crippen LogP contribution >= 0.6 is 0 Å². The Bertz CT molecular complexity index is 1060. The van der Waals surface area contributed by atoms with Crippen LogP contribution in [0.5, 0.6) is 0 Å². The summed E-state index contributed by atoms with van der Waals surface area (Å²) in [6.07, 6.45) is -4.61. The highest BCUT2D eigenvalue weighted by molar-refractivity contribution is 7.89. The Hall–Kier alpha value is -2.88. The number of hydrogen-bond donors (Lipinski definition) is 0. The third kappa shape index (κ3) is 4.12. The summed E-state index contributed by atoms with van der Waals surface area (Å²) in [6.45, 7) is 1.42. The van der Waals surface area contributed by atoms with Crippen molar-refractivity contribution in [2.24, 2.45) is 4.99 Å². The van der Waals surface area contributed by atoms with Crippen LogP contribution in [0, 0.1) is 6.92 Å². The molecule has 1 aliphatic heterocycles. The molecule has 0 radical (unpaired) electrons. The Morgan fingerprint density at radius 1 is 1.17 bits per heavy atom. The molecule has 0 saturated heterocycles. The first kappa shape index (κ1) is 20.8. The van der Waals surface area contributed by atoms with Gasteiger partial charge in [0.1, 0.15) is 5.84 Å². The van der Waals surface area contributed by atoms with Gasteiger partial charge in [-0.1, -0.05) is 29.8 Å². The molecule has 1 aliphatic rings. The van der Waals surface area contributed by atoms with E-state index in [4.69, 9.17) is 0 Å². The van der Waals surface area contributed by atoms with E-state index < -0.39 is 33.8 Å². The van der Waals surface area contributed by atoms with Crippen molar-refractivity contribution in [3.05, 3.63) is 65.2 Å². The van der Waals surface area contributed by atoms with E-state index in [1.54, 1.807) is 19.1 Å². The number of ether oxygens (including phenoxy) is 1. The Morgan fingerprint density at radius 3 is 2.41 bits per heavy atom. The molecule has 0 fully saturated rings. The summed E-state index contributed by atoms with van der Waals surface area (Å²) in [5.74, 6) is -1.02. The van der Waals surface area contributed by atoms with E-state index in [0.717, 1.165) is 35.2 Å². The van der Waals surface area contributed by atoms with Crippen LogP contribution in [0.1, 0.15) is 16.7 Å². The first-order valence-corrected chi connectivity index (χ1v) is 9.90. The topological polar surface area (TPSA) is 76.0 Å². The fraction of sp³-hybridized carbons (Fsp3) is 0.263. The van der Waals surface area contributed by atoms with Gasteiger partial charge in [0.15, 0.2) is 6.04 Å². The molecular weight excluding hydrogens is 409 g/mol. The van der Waals surface area contributed by atoms with Crippen molar-refractivity contribution >= 4 is 21.8 Å². The molecule has 29 heavy (non-hydrogen) atoms. The molecule has 2 aromatic rings. The van der Waals surface area contributed by atoms with E-state index in [1.165, 1.54) is 18.2 Å². The van der Waals surface area contributed by atoms with Crippen molar-refractivity contribution in [1.82, 2.24) is 4.31 Å². The van der Waals surface area contributed by atoms with Crippen LogP contribution in [0.4, 0.5) is 13.2 Å². The number of rotatable bonds is 4. The minimum absolute atomic E-state index is 0.0618. The fourth-order valence-electron chi connectivity index (χ4n) is 2.86. The van der Waals surface area contributed by atoms with Crippen molar-refractivity contribution in [2.75, 3.05) is 13.7 Å². The molecule has 0 amide bonds. The highest BCUT2D eigenvalue weighted by Gasteiger charge is 2.40. The molecule has 10 heteroatoms. The highest BCUT2D eigenvalue weighted by Crippen LogP contribution is 2.31. The zero-order valence-corrected chi connectivity index (χ0v) is 16.3. The first-order chi connectivity index (χ1) is 13.5. The summed E-state index contributed by atoms with van der Waals surface area (Å²) in [6, 6.07) is 8.94. The van der Waals surface area contributed by atoms with E-state index in [9.17, 15) is 26.4 Å². The molecule has 154 valence electrons. The number of aryl methyl sites for hydroxylation is 1. The van der Waals surface area contributed by atoms with Crippen molar-refractivity contribution in [3.8, 4) is 0 Å². The van der Waals surface area contributed by atoms with Gasteiger partial charge in [0.25, 0.3) is 10.0 Å². The van der Waals surface area contributed by atoms with E-state index in [-0.39, 0.29) is 22.8 Å². The molecule has 0 bridgehead atoms. The van der Waals surface area contributed by atoms with Gasteiger partial charge in [-0.2, -0.15) is 13.2 Å². The third-order valence-corrected chi connectivity index (χ3v) is 6.15. The van der Waals surface area contributed by atoms with Gasteiger partial charge in [-0.25, -0.2) is 22.5 Å². The average molecular weight is 426 g/mol. The number of aliphatic imine (C=N–C) groups is 1. The lowest BCUT2D eigenvalue weighted by Crippen LogP contribution is -2.37. The number of carbonyl (C=O) groups excluding carboxylic acids is 1. The lowest BCUT2D eigenvalue weighted by molar-refractivity contribution is -0.141. The predicted molar refractivity (Wildman–Crippen MR) is 98.9 cm³/mol. The van der Waals surface area contributed by atoms with Crippen molar-refractivity contribution < 1.29 is 31.1 Å². The summed E-state index contributed by atoms with van der Waals surface area (Å²) in [5, 5.41) is 0. The van der Waals surface area contributed by atoms with Gasteiger partial charge < -0.3 is 4.74 Å². The summed E-state index contributed by atoms with van der Waals surface area (Å²) < 4.78 is 71.1. The number of esters is 1. The maximum absolute atomic E-state index is 13.1. The molecule has 2 aromatic carbocycles. The van der Waals surface area contributed by atoms with Gasteiger partial charge in [0.2, 0.25) is 0 Å². The minimum atomic E-state index is -4.61. The minimum Gasteiger partial charge on any atom is -0.467 e. The fourth-order valence-corrected chi connectivity index (χ4v) is 4.31. The van der Waals surface area contributed by atoms with E-state index in [0.29, 0.717) is 0 Å². The molecule has 0 aromatic heterocycles. The molecule has 3 rings (SSSR count). The SMILES string of the molecule is COC(=O)[C@@H]1CN(S(=O)(=O)c2ccc(C)cc2)C(c2cccc(C(F)(F)F)c2)=N1. The highest BCUT2D eigenvalue weighted by atomic mass is 32.2. The second-order valence-corrected chi connectivity index (χ2v) is 8.28. The van der Waals surface area contributed by atoms with Crippen LogP contribution in [0.2, 0.25) is 0 Å². The molecule has 0 saturated carbocycles. The zero-order valence-electron chi connectivity index (χ0n) is 15.5. The number of benzene rings is 2. The molecule has 6 nitrogen and oxygen atoms in total. The van der Waals surface area contributed by atoms with Crippen LogP contribution in [-0.4, -0.2) is 44.2 Å². The summed E-state index contributed by atoms with van der Waals surface area (Å²) in [7, 11) is -3.04. The molecule has 1 atom stereocenters. The third-order valence-electron chi connectivity index (χ3n) is 4.38. The number of carbonyl (C=O) groups is 1. The number of alkyl halides is 3. The van der Waals surface area contributed by atoms with Gasteiger partial charge in [-0.05, 0) is 31.2 Å². The lowest BCUT2D eigenvalue weighted by atomic mass is 10.1. The number of hydrogen-bond acceptors (Lipinski definition) is 5. The number of nitrogens with zero attached hydrogens (tertiary/aromatic N) is 2. The second-order valence-electron chi connectivity index (χ2n) is 6.42. The molecule has 0 spiro atoms. The number of halogens is 3. The maximum Gasteiger partial charge on any atom is 0.416 e. The largest absolute Gasteiger partial charge is 0.467 e. The van der Waals surface area contributed by atoms with Gasteiger partial charge in [0.05, 0.1) is 24.1 Å². The van der Waals surface area contributed by atoms with Gasteiger partial charge >= 0.3 is 12.1 Å². The van der Waals surface area contributed by atoms with E-state index >= 15 is 0 Å². The monoisotopic (exact) mass is 426 g/mol. The molecular formula is C19H17F3N2O4S. The van der Waals surface area contributed by atoms with Gasteiger partial charge in [0, 0.05) is 5.56 Å². The molecule has 0 unspecified atom stereocenters. The van der Waals surface area contributed by atoms with Gasteiger partial charge in [-0.15, -0.1) is 0 Å². The van der Waals surface area contributed by atoms with Crippen molar-refractivity contribution in [1.29, 1.82) is 0 Å². The maximum atomic E-state index is 13.1. The van der Waals surface area contributed by atoms with Crippen LogP contribution in [0.15, 0.2) is 58.4 Å². The standard InChI is InChI=1S/C19H17F3N2O4S/c1-12-6-8-15(9-7-12)29(26,27)24-11-16(18(25)28-2)23-17(24)13-4-3-5-14(10-13)19(20,21)22/h3-10,16H,11H2,1-2H3/t16-/m0/s1. The number of sulfonamides is 1. The molecule has 0 aliphatic carbocycles. The molecule has 1 heterocycles. The Labute approximate surface area is 165 Å². The van der Waals surface area contributed by atoms with E-state index in [2.05, 4.69) is 9.73 Å². The summed E-state index contributed by atoms with van der Waals surface area (Å²) in [5.41, 5.74) is -0.182. The lowest BCUT2D eigenvalue weighted by Gasteiger charge is -2.21. The first-order valence-electron chi connectivity index (χ1n) is 8.46. The van der Waals surface area contributed by atoms with Crippen LogP contribution in [0.3, 0.4) is 0 Å². The van der Waals surface area contributed by atoms with Crippen molar-refractivity contribution in [3.63, 3.8) is 0 Å². The number of amidine groups is 1. The van der Waals surface area contributed by atoms with Crippen LogP contribution < -0.4 is 0 Å². The molecule has 0 N–H and O–H groups in total. The Kier molecular flexibility index (Phi) is 5.40. The van der Waals surface area contributed by atoms with Crippen LogP contribution in [-0.2, 0) is 25.7 Å². The number of methoxy groups -OCH3 is 1. The van der Waals surface area contributed by atoms with Crippen LogP contribution in [0.25, 0.3) is 0 Å². The second kappa shape index (κ2) is 7.51. The Morgan fingerprint density at radius 2 is 1.83 bits per heavy atom. The average Bonchev–Trinajstić information content (AvgIpc) is 3.13. The predicted octanol–water partition coefficient (Wildman–Crippen LogP) is 3.01. The zero-order chi connectivity index (χ0) is 21.4. The normalized spacial score (nSPS) is 17.2. The van der Waals surface area contributed by atoms with Gasteiger partial charge in [-0.3, -0.25) is 0 Å². The van der Waals surface area contributed by atoms with E-state index in [1.807, 2.05) is 0 Å². The quantitative estimate of drug-likeness (QED) is 0.705. The smallest absolute Gasteiger partial charge is 0.416 e. The summed E-state index contributed by atoms with van der Waals surface area (Å²) in [4.78, 5) is 15.9.